The lowest BCUT2D eigenvalue weighted by molar-refractivity contribution is -0.111. The van der Waals surface area contributed by atoms with E-state index in [4.69, 9.17) is 9.15 Å². The molecule has 6 heteroatoms. The summed E-state index contributed by atoms with van der Waals surface area (Å²) in [6.07, 6.45) is 2.75. The number of rotatable bonds is 4. The van der Waals surface area contributed by atoms with Crippen molar-refractivity contribution in [1.29, 1.82) is 0 Å². The first-order valence-electron chi connectivity index (χ1n) is 5.89. The number of anilines is 1. The van der Waals surface area contributed by atoms with Crippen molar-refractivity contribution in [2.75, 3.05) is 5.32 Å². The van der Waals surface area contributed by atoms with Gasteiger partial charge in [-0.05, 0) is 18.2 Å². The van der Waals surface area contributed by atoms with Crippen LogP contribution in [0.5, 0.6) is 11.6 Å². The second kappa shape index (κ2) is 4.93. The molecule has 0 atom stereocenters. The van der Waals surface area contributed by atoms with Crippen molar-refractivity contribution < 1.29 is 13.9 Å². The predicted molar refractivity (Wildman–Crippen MR) is 73.7 cm³/mol. The number of hydrogen-bond acceptors (Lipinski definition) is 4. The fourth-order valence-electron chi connectivity index (χ4n) is 1.74. The van der Waals surface area contributed by atoms with E-state index in [0.717, 1.165) is 5.52 Å². The SMILES string of the molecule is C=CC(=O)Nc1cccc(Oc2n[nH]c3ccoc23)c1. The Kier molecular flexibility index (Phi) is 2.96. The topological polar surface area (TPSA) is 80.1 Å². The zero-order valence-corrected chi connectivity index (χ0v) is 10.4. The predicted octanol–water partition coefficient (Wildman–Crippen LogP) is 3.07. The van der Waals surface area contributed by atoms with Gasteiger partial charge in [-0.2, -0.15) is 0 Å². The van der Waals surface area contributed by atoms with Crippen molar-refractivity contribution in [1.82, 2.24) is 10.2 Å². The van der Waals surface area contributed by atoms with Gasteiger partial charge in [-0.25, -0.2) is 0 Å². The van der Waals surface area contributed by atoms with Crippen molar-refractivity contribution in [3.63, 3.8) is 0 Å². The van der Waals surface area contributed by atoms with Gasteiger partial charge in [-0.1, -0.05) is 12.6 Å². The van der Waals surface area contributed by atoms with Crippen LogP contribution in [0.3, 0.4) is 0 Å². The first kappa shape index (κ1) is 12.0. The molecular formula is C14H11N3O3. The number of carbonyl (C=O) groups excluding carboxylic acids is 1. The van der Waals surface area contributed by atoms with E-state index in [-0.39, 0.29) is 5.91 Å². The van der Waals surface area contributed by atoms with Crippen molar-refractivity contribution in [3.05, 3.63) is 49.2 Å². The van der Waals surface area contributed by atoms with E-state index in [1.54, 1.807) is 36.6 Å². The standard InChI is InChI=1S/C14H11N3O3/c1-2-12(18)15-9-4-3-5-10(8-9)20-14-13-11(16-17-14)6-7-19-13/h2-8H,1H2,(H,15,18)(H,16,17). The Balaban J connectivity index is 1.84. The summed E-state index contributed by atoms with van der Waals surface area (Å²) in [5, 5.41) is 9.46. The second-order valence-electron chi connectivity index (χ2n) is 4.02. The number of ether oxygens (including phenoxy) is 1. The molecule has 1 aromatic carbocycles. The summed E-state index contributed by atoms with van der Waals surface area (Å²) in [7, 11) is 0. The number of hydrogen-bond donors (Lipinski definition) is 2. The highest BCUT2D eigenvalue weighted by Crippen LogP contribution is 2.29. The fourth-order valence-corrected chi connectivity index (χ4v) is 1.74. The van der Waals surface area contributed by atoms with Gasteiger partial charge in [-0.15, -0.1) is 5.10 Å². The van der Waals surface area contributed by atoms with Crippen LogP contribution in [0.1, 0.15) is 0 Å². The monoisotopic (exact) mass is 269 g/mol. The highest BCUT2D eigenvalue weighted by atomic mass is 16.5. The van der Waals surface area contributed by atoms with Crippen molar-refractivity contribution in [3.8, 4) is 11.6 Å². The van der Waals surface area contributed by atoms with Crippen LogP contribution in [0.15, 0.2) is 53.7 Å². The van der Waals surface area contributed by atoms with Crippen molar-refractivity contribution in [2.24, 2.45) is 0 Å². The van der Waals surface area contributed by atoms with E-state index >= 15 is 0 Å². The fraction of sp³-hybridized carbons (Fsp3) is 0. The van der Waals surface area contributed by atoms with Gasteiger partial charge in [0, 0.05) is 17.8 Å². The maximum Gasteiger partial charge on any atom is 0.282 e. The molecule has 0 saturated carbocycles. The molecule has 0 bridgehead atoms. The summed E-state index contributed by atoms with van der Waals surface area (Å²) >= 11 is 0. The van der Waals surface area contributed by atoms with Crippen LogP contribution in [-0.4, -0.2) is 16.1 Å². The molecule has 2 aromatic heterocycles. The number of aromatic amines is 1. The van der Waals surface area contributed by atoms with Crippen LogP contribution >= 0.6 is 0 Å². The molecule has 0 fully saturated rings. The zero-order valence-electron chi connectivity index (χ0n) is 10.4. The third kappa shape index (κ3) is 2.26. The Morgan fingerprint density at radius 2 is 2.35 bits per heavy atom. The highest BCUT2D eigenvalue weighted by Gasteiger charge is 2.11. The quantitative estimate of drug-likeness (QED) is 0.713. The van der Waals surface area contributed by atoms with Crippen LogP contribution in [0.4, 0.5) is 5.69 Å². The number of nitrogens with one attached hydrogen (secondary N) is 2. The number of furan rings is 1. The Hall–Kier alpha value is -3.02. The van der Waals surface area contributed by atoms with Crippen LogP contribution in [0.2, 0.25) is 0 Å². The molecule has 0 aliphatic rings. The Bertz CT molecular complexity index is 773. The summed E-state index contributed by atoms with van der Waals surface area (Å²) in [6.45, 7) is 3.40. The van der Waals surface area contributed by atoms with Crippen LogP contribution in [-0.2, 0) is 4.79 Å². The van der Waals surface area contributed by atoms with Gasteiger partial charge in [0.25, 0.3) is 5.88 Å². The molecule has 0 aliphatic heterocycles. The first-order valence-corrected chi connectivity index (χ1v) is 5.89. The van der Waals surface area contributed by atoms with Crippen LogP contribution in [0, 0.1) is 0 Å². The maximum absolute atomic E-state index is 11.2. The van der Waals surface area contributed by atoms with E-state index < -0.39 is 0 Å². The number of fused-ring (bicyclic) bond motifs is 1. The molecule has 0 unspecified atom stereocenters. The van der Waals surface area contributed by atoms with Gasteiger partial charge in [0.2, 0.25) is 11.5 Å². The summed E-state index contributed by atoms with van der Waals surface area (Å²) in [5.41, 5.74) is 1.92. The number of carbonyl (C=O) groups is 1. The van der Waals surface area contributed by atoms with Gasteiger partial charge >= 0.3 is 0 Å². The molecule has 3 rings (SSSR count). The van der Waals surface area contributed by atoms with Crippen LogP contribution in [0.25, 0.3) is 11.1 Å². The molecular weight excluding hydrogens is 258 g/mol. The second-order valence-corrected chi connectivity index (χ2v) is 4.02. The lowest BCUT2D eigenvalue weighted by Gasteiger charge is -2.05. The number of nitrogens with zero attached hydrogens (tertiary/aromatic N) is 1. The van der Waals surface area contributed by atoms with E-state index in [0.29, 0.717) is 22.9 Å². The summed E-state index contributed by atoms with van der Waals surface area (Å²) in [6, 6.07) is 8.72. The molecule has 0 spiro atoms. The molecule has 20 heavy (non-hydrogen) atoms. The van der Waals surface area contributed by atoms with Crippen LogP contribution < -0.4 is 10.1 Å². The zero-order chi connectivity index (χ0) is 13.9. The van der Waals surface area contributed by atoms with E-state index in [9.17, 15) is 4.79 Å². The van der Waals surface area contributed by atoms with Gasteiger partial charge in [0.15, 0.2) is 0 Å². The van der Waals surface area contributed by atoms with Gasteiger partial charge in [0.1, 0.15) is 11.3 Å². The third-order valence-corrected chi connectivity index (χ3v) is 2.64. The lowest BCUT2D eigenvalue weighted by atomic mass is 10.3. The number of benzene rings is 1. The minimum atomic E-state index is -0.282. The van der Waals surface area contributed by atoms with Gasteiger partial charge in [-0.3, -0.25) is 9.89 Å². The van der Waals surface area contributed by atoms with E-state index in [1.165, 1.54) is 6.08 Å². The van der Waals surface area contributed by atoms with Crippen molar-refractivity contribution in [2.45, 2.75) is 0 Å². The molecule has 100 valence electrons. The third-order valence-electron chi connectivity index (χ3n) is 2.64. The first-order chi connectivity index (χ1) is 9.76. The average Bonchev–Trinajstić information content (AvgIpc) is 3.04. The van der Waals surface area contributed by atoms with Gasteiger partial charge in [0.05, 0.1) is 6.26 Å². The normalized spacial score (nSPS) is 10.4. The minimum Gasteiger partial charge on any atom is -0.457 e. The minimum absolute atomic E-state index is 0.282. The molecule has 2 heterocycles. The Labute approximate surface area is 114 Å². The molecule has 3 aromatic rings. The van der Waals surface area contributed by atoms with E-state index in [1.807, 2.05) is 0 Å². The van der Waals surface area contributed by atoms with E-state index in [2.05, 4.69) is 22.1 Å². The summed E-state index contributed by atoms with van der Waals surface area (Å²) in [4.78, 5) is 11.2. The largest absolute Gasteiger partial charge is 0.457 e. The smallest absolute Gasteiger partial charge is 0.282 e. The maximum atomic E-state index is 11.2. The molecule has 0 radical (unpaired) electrons. The molecule has 1 amide bonds. The Morgan fingerprint density at radius 3 is 3.20 bits per heavy atom. The lowest BCUT2D eigenvalue weighted by Crippen LogP contribution is -2.06. The highest BCUT2D eigenvalue weighted by molar-refractivity contribution is 5.98. The number of amides is 1. The molecule has 2 N–H and O–H groups in total. The summed E-state index contributed by atoms with van der Waals surface area (Å²) < 4.78 is 10.9. The molecule has 0 aliphatic carbocycles. The van der Waals surface area contributed by atoms with Gasteiger partial charge < -0.3 is 14.5 Å². The number of aromatic nitrogens is 2. The Morgan fingerprint density at radius 1 is 1.45 bits per heavy atom. The molecule has 0 saturated heterocycles. The van der Waals surface area contributed by atoms with Crippen molar-refractivity contribution >= 4 is 22.7 Å². The molecule has 6 nitrogen and oxygen atoms in total. The number of H-pyrrole nitrogens is 1. The summed E-state index contributed by atoms with van der Waals surface area (Å²) in [5.74, 6) is 0.601. The average molecular weight is 269 g/mol.